The van der Waals surface area contributed by atoms with Gasteiger partial charge in [-0.15, -0.1) is 10.2 Å². The van der Waals surface area contributed by atoms with Gasteiger partial charge in [-0.05, 0) is 36.1 Å². The predicted octanol–water partition coefficient (Wildman–Crippen LogP) is 6.56. The van der Waals surface area contributed by atoms with Crippen LogP contribution in [0.2, 0.25) is 0 Å². The molecule has 0 fully saturated rings. The first-order chi connectivity index (χ1) is 18.0. The minimum atomic E-state index is -0.239. The van der Waals surface area contributed by atoms with Crippen LogP contribution in [-0.4, -0.2) is 40.0 Å². The first kappa shape index (κ1) is 26.7. The molecule has 0 aliphatic carbocycles. The maximum atomic E-state index is 13.6. The number of carbonyl (C=O) groups excluding carboxylic acids is 2. The van der Waals surface area contributed by atoms with E-state index in [0.717, 1.165) is 32.6 Å². The van der Waals surface area contributed by atoms with Gasteiger partial charge >= 0.3 is 0 Å². The monoisotopic (exact) mass is 576 g/mol. The van der Waals surface area contributed by atoms with Crippen molar-refractivity contribution in [1.29, 1.82) is 0 Å². The van der Waals surface area contributed by atoms with Gasteiger partial charge in [-0.25, -0.2) is 0 Å². The summed E-state index contributed by atoms with van der Waals surface area (Å²) >= 11 is 4.75. The Labute approximate surface area is 229 Å². The highest BCUT2D eigenvalue weighted by Gasteiger charge is 2.25. The van der Waals surface area contributed by atoms with E-state index in [1.807, 2.05) is 84.6 Å². The molecule has 0 aliphatic rings. The van der Waals surface area contributed by atoms with Crippen LogP contribution in [0.1, 0.15) is 36.8 Å². The van der Waals surface area contributed by atoms with Gasteiger partial charge < -0.3 is 10.2 Å². The van der Waals surface area contributed by atoms with Crippen LogP contribution in [0.4, 0.5) is 5.13 Å². The largest absolute Gasteiger partial charge is 0.341 e. The Morgan fingerprint density at radius 2 is 1.59 bits per heavy atom. The van der Waals surface area contributed by atoms with E-state index in [9.17, 15) is 9.59 Å². The standard InChI is InChI=1S/C29H29BrN4O2S/c1-2-25(22-11-7-4-8-12-22)28(36)34(19-17-21-9-5-3-6-10-21)20-18-26(35)31-29-33-32-27(37-29)23-13-15-24(30)16-14-23/h3-16,25H,2,17-20H2,1H3,(H,31,33,35). The van der Waals surface area contributed by atoms with Gasteiger partial charge in [0.2, 0.25) is 16.9 Å². The third kappa shape index (κ3) is 7.57. The second-order valence-electron chi connectivity index (χ2n) is 8.65. The number of nitrogens with one attached hydrogen (secondary N) is 1. The number of carbonyl (C=O) groups is 2. The van der Waals surface area contributed by atoms with Gasteiger partial charge in [-0.2, -0.15) is 0 Å². The maximum absolute atomic E-state index is 13.6. The zero-order valence-corrected chi connectivity index (χ0v) is 23.0. The summed E-state index contributed by atoms with van der Waals surface area (Å²) in [5.41, 5.74) is 3.09. The highest BCUT2D eigenvalue weighted by molar-refractivity contribution is 9.10. The van der Waals surface area contributed by atoms with Crippen LogP contribution in [0.15, 0.2) is 89.4 Å². The molecular formula is C29H29BrN4O2S. The summed E-state index contributed by atoms with van der Waals surface area (Å²) in [7, 11) is 0. The Bertz CT molecular complexity index is 1300. The summed E-state index contributed by atoms with van der Waals surface area (Å²) in [6, 6.07) is 27.7. The van der Waals surface area contributed by atoms with E-state index < -0.39 is 0 Å². The van der Waals surface area contributed by atoms with Gasteiger partial charge in [-0.1, -0.05) is 107 Å². The Balaban J connectivity index is 1.41. The van der Waals surface area contributed by atoms with Gasteiger partial charge in [0.1, 0.15) is 5.01 Å². The minimum Gasteiger partial charge on any atom is -0.341 e. The lowest BCUT2D eigenvalue weighted by molar-refractivity contribution is -0.133. The molecule has 3 aromatic carbocycles. The molecule has 0 saturated heterocycles. The molecular weight excluding hydrogens is 548 g/mol. The molecule has 0 radical (unpaired) electrons. The molecule has 1 heterocycles. The van der Waals surface area contributed by atoms with Crippen LogP contribution in [-0.2, 0) is 16.0 Å². The van der Waals surface area contributed by atoms with Crippen molar-refractivity contribution in [3.63, 3.8) is 0 Å². The molecule has 8 heteroatoms. The number of amides is 2. The zero-order chi connectivity index (χ0) is 26.0. The van der Waals surface area contributed by atoms with Crippen molar-refractivity contribution in [2.45, 2.75) is 32.1 Å². The van der Waals surface area contributed by atoms with E-state index in [1.54, 1.807) is 0 Å². The number of benzene rings is 3. The first-order valence-corrected chi connectivity index (χ1v) is 13.9. The van der Waals surface area contributed by atoms with E-state index in [2.05, 4.69) is 43.6 Å². The molecule has 1 atom stereocenters. The summed E-state index contributed by atoms with van der Waals surface area (Å²) in [6.07, 6.45) is 1.60. The molecule has 0 aliphatic heterocycles. The number of halogens is 1. The third-order valence-corrected chi connectivity index (χ3v) is 7.52. The summed E-state index contributed by atoms with van der Waals surface area (Å²) in [4.78, 5) is 28.2. The fourth-order valence-corrected chi connectivity index (χ4v) is 5.13. The third-order valence-electron chi connectivity index (χ3n) is 6.10. The van der Waals surface area contributed by atoms with Gasteiger partial charge in [0.15, 0.2) is 0 Å². The van der Waals surface area contributed by atoms with Crippen LogP contribution in [0.25, 0.3) is 10.6 Å². The topological polar surface area (TPSA) is 75.2 Å². The number of aromatic nitrogens is 2. The lowest BCUT2D eigenvalue weighted by atomic mass is 9.94. The SMILES string of the molecule is CCC(C(=O)N(CCC(=O)Nc1nnc(-c2ccc(Br)cc2)s1)CCc1ccccc1)c1ccccc1. The Morgan fingerprint density at radius 1 is 0.919 bits per heavy atom. The molecule has 4 rings (SSSR count). The highest BCUT2D eigenvalue weighted by Crippen LogP contribution is 2.27. The molecule has 0 spiro atoms. The van der Waals surface area contributed by atoms with Crippen LogP contribution < -0.4 is 5.32 Å². The van der Waals surface area contributed by atoms with Crippen molar-refractivity contribution in [2.75, 3.05) is 18.4 Å². The Morgan fingerprint density at radius 3 is 2.27 bits per heavy atom. The molecule has 190 valence electrons. The highest BCUT2D eigenvalue weighted by atomic mass is 79.9. The minimum absolute atomic E-state index is 0.0471. The molecule has 4 aromatic rings. The summed E-state index contributed by atoms with van der Waals surface area (Å²) in [5.74, 6) is -0.383. The van der Waals surface area contributed by atoms with E-state index >= 15 is 0 Å². The van der Waals surface area contributed by atoms with E-state index in [1.165, 1.54) is 11.3 Å². The molecule has 1 aromatic heterocycles. The first-order valence-electron chi connectivity index (χ1n) is 12.3. The second-order valence-corrected chi connectivity index (χ2v) is 10.5. The smallest absolute Gasteiger partial charge is 0.230 e. The van der Waals surface area contributed by atoms with E-state index in [-0.39, 0.29) is 24.2 Å². The summed E-state index contributed by atoms with van der Waals surface area (Å²) in [5, 5.41) is 12.3. The number of nitrogens with zero attached hydrogens (tertiary/aromatic N) is 3. The van der Waals surface area contributed by atoms with Crippen molar-refractivity contribution in [1.82, 2.24) is 15.1 Å². The molecule has 2 amide bonds. The summed E-state index contributed by atoms with van der Waals surface area (Å²) in [6.45, 7) is 2.90. The lowest BCUT2D eigenvalue weighted by Crippen LogP contribution is -2.38. The molecule has 6 nitrogen and oxygen atoms in total. The van der Waals surface area contributed by atoms with Gasteiger partial charge in [-0.3, -0.25) is 9.59 Å². The van der Waals surface area contributed by atoms with Gasteiger partial charge in [0.25, 0.3) is 0 Å². The van der Waals surface area contributed by atoms with Gasteiger partial charge in [0.05, 0.1) is 5.92 Å². The second kappa shape index (κ2) is 13.3. The van der Waals surface area contributed by atoms with Crippen molar-refractivity contribution in [3.8, 4) is 10.6 Å². The summed E-state index contributed by atoms with van der Waals surface area (Å²) < 4.78 is 0.984. The Kier molecular flexibility index (Phi) is 9.57. The Hall–Kier alpha value is -3.36. The van der Waals surface area contributed by atoms with Crippen molar-refractivity contribution < 1.29 is 9.59 Å². The van der Waals surface area contributed by atoms with Crippen LogP contribution >= 0.6 is 27.3 Å². The lowest BCUT2D eigenvalue weighted by Gasteiger charge is -2.27. The van der Waals surface area contributed by atoms with Crippen LogP contribution in [0.3, 0.4) is 0 Å². The molecule has 37 heavy (non-hydrogen) atoms. The average molecular weight is 578 g/mol. The fraction of sp³-hybridized carbons (Fsp3) is 0.241. The fourth-order valence-electron chi connectivity index (χ4n) is 4.10. The number of hydrogen-bond donors (Lipinski definition) is 1. The van der Waals surface area contributed by atoms with Crippen LogP contribution in [0.5, 0.6) is 0 Å². The van der Waals surface area contributed by atoms with Crippen molar-refractivity contribution in [3.05, 3.63) is 101 Å². The molecule has 1 unspecified atom stereocenters. The predicted molar refractivity (Wildman–Crippen MR) is 152 cm³/mol. The number of rotatable bonds is 11. The average Bonchev–Trinajstić information content (AvgIpc) is 3.39. The van der Waals surface area contributed by atoms with Gasteiger partial charge in [0, 0.05) is 29.5 Å². The quantitative estimate of drug-likeness (QED) is 0.219. The van der Waals surface area contributed by atoms with Crippen LogP contribution in [0, 0.1) is 0 Å². The zero-order valence-electron chi connectivity index (χ0n) is 20.6. The van der Waals surface area contributed by atoms with Crippen molar-refractivity contribution >= 4 is 44.2 Å². The van der Waals surface area contributed by atoms with Crippen molar-refractivity contribution in [2.24, 2.45) is 0 Å². The molecule has 0 saturated carbocycles. The normalized spacial score (nSPS) is 11.6. The van der Waals surface area contributed by atoms with E-state index in [4.69, 9.17) is 0 Å². The number of hydrogen-bond acceptors (Lipinski definition) is 5. The molecule has 1 N–H and O–H groups in total. The number of anilines is 1. The molecule has 0 bridgehead atoms. The maximum Gasteiger partial charge on any atom is 0.230 e. The van der Waals surface area contributed by atoms with E-state index in [0.29, 0.717) is 24.6 Å².